The average Bonchev–Trinajstić information content (AvgIpc) is 2.29. The molecule has 15 heavy (non-hydrogen) atoms. The summed E-state index contributed by atoms with van der Waals surface area (Å²) in [6.07, 6.45) is 6.08. The van der Waals surface area contributed by atoms with Crippen LogP contribution in [0.4, 0.5) is 0 Å². The van der Waals surface area contributed by atoms with Crippen molar-refractivity contribution in [2.45, 2.75) is 18.7 Å². The average molecular weight is 220 g/mol. The second-order valence-corrected chi connectivity index (χ2v) is 4.49. The number of thioether (sulfide) groups is 1. The molecule has 0 bridgehead atoms. The zero-order valence-corrected chi connectivity index (χ0v) is 9.25. The summed E-state index contributed by atoms with van der Waals surface area (Å²) in [5, 5.41) is 2.91. The fourth-order valence-corrected chi connectivity index (χ4v) is 2.49. The minimum absolute atomic E-state index is 0.00569. The third kappa shape index (κ3) is 2.39. The van der Waals surface area contributed by atoms with Crippen molar-refractivity contribution in [2.24, 2.45) is 0 Å². The van der Waals surface area contributed by atoms with E-state index in [-0.39, 0.29) is 11.3 Å². The lowest BCUT2D eigenvalue weighted by Crippen LogP contribution is -2.28. The predicted octanol–water partition coefficient (Wildman–Crippen LogP) is 2.24. The van der Waals surface area contributed by atoms with Crippen molar-refractivity contribution in [3.8, 4) is 0 Å². The maximum Gasteiger partial charge on any atom is 0.245 e. The quantitative estimate of drug-likeness (QED) is 0.831. The highest BCUT2D eigenvalue weighted by molar-refractivity contribution is 8.03. The van der Waals surface area contributed by atoms with Crippen LogP contribution in [0.25, 0.3) is 0 Å². The van der Waals surface area contributed by atoms with Crippen LogP contribution in [0.3, 0.4) is 0 Å². The summed E-state index contributed by atoms with van der Waals surface area (Å²) in [6, 6.07) is 3.86. The van der Waals surface area contributed by atoms with E-state index in [2.05, 4.69) is 17.2 Å². The molecule has 1 atom stereocenters. The Morgan fingerprint density at radius 1 is 1.60 bits per heavy atom. The van der Waals surface area contributed by atoms with E-state index in [9.17, 15) is 4.79 Å². The zero-order chi connectivity index (χ0) is 10.7. The monoisotopic (exact) mass is 220 g/mol. The Kier molecular flexibility index (Phi) is 3.06. The summed E-state index contributed by atoms with van der Waals surface area (Å²) in [7, 11) is 0. The molecule has 0 aromatic carbocycles. The highest BCUT2D eigenvalue weighted by Crippen LogP contribution is 2.36. The zero-order valence-electron chi connectivity index (χ0n) is 8.43. The van der Waals surface area contributed by atoms with E-state index in [4.69, 9.17) is 0 Å². The van der Waals surface area contributed by atoms with Gasteiger partial charge in [0.05, 0.1) is 0 Å². The van der Waals surface area contributed by atoms with Crippen LogP contribution < -0.4 is 5.32 Å². The van der Waals surface area contributed by atoms with Crippen molar-refractivity contribution in [1.82, 2.24) is 10.3 Å². The summed E-state index contributed by atoms with van der Waals surface area (Å²) in [5.41, 5.74) is 1.04. The second kappa shape index (κ2) is 4.49. The minimum atomic E-state index is -0.0144. The Morgan fingerprint density at radius 2 is 2.47 bits per heavy atom. The molecule has 1 aromatic rings. The molecule has 1 aromatic heterocycles. The van der Waals surface area contributed by atoms with Gasteiger partial charge in [-0.2, -0.15) is 0 Å². The van der Waals surface area contributed by atoms with Crippen LogP contribution in [-0.2, 0) is 4.79 Å². The van der Waals surface area contributed by atoms with Crippen LogP contribution in [0.2, 0.25) is 0 Å². The van der Waals surface area contributed by atoms with Gasteiger partial charge < -0.3 is 5.32 Å². The minimum Gasteiger partial charge on any atom is -0.336 e. The normalized spacial score (nSPS) is 20.7. The Bertz CT molecular complexity index is 389. The Labute approximate surface area is 93.0 Å². The molecule has 2 rings (SSSR count). The molecule has 78 valence electrons. The lowest BCUT2D eigenvalue weighted by Gasteiger charge is -2.22. The number of pyridine rings is 1. The van der Waals surface area contributed by atoms with Gasteiger partial charge in [-0.3, -0.25) is 9.78 Å². The van der Waals surface area contributed by atoms with E-state index in [1.165, 1.54) is 0 Å². The summed E-state index contributed by atoms with van der Waals surface area (Å²) in [5.74, 6) is -0.0144. The lowest BCUT2D eigenvalue weighted by molar-refractivity contribution is -0.116. The number of nitrogens with zero attached hydrogens (tertiary/aromatic N) is 1. The third-order valence-electron chi connectivity index (χ3n) is 2.17. The summed E-state index contributed by atoms with van der Waals surface area (Å²) >= 11 is 1.68. The van der Waals surface area contributed by atoms with Gasteiger partial charge >= 0.3 is 0 Å². The predicted molar refractivity (Wildman–Crippen MR) is 61.1 cm³/mol. The number of carbonyl (C=O) groups is 1. The molecule has 1 amide bonds. The van der Waals surface area contributed by atoms with Crippen LogP contribution >= 0.6 is 11.8 Å². The molecule has 1 N–H and O–H groups in total. The second-order valence-electron chi connectivity index (χ2n) is 3.26. The van der Waals surface area contributed by atoms with Gasteiger partial charge in [0, 0.05) is 24.0 Å². The van der Waals surface area contributed by atoms with E-state index in [0.29, 0.717) is 0 Å². The molecule has 0 saturated heterocycles. The molecule has 3 nitrogen and oxygen atoms in total. The molecule has 0 saturated carbocycles. The Morgan fingerprint density at radius 3 is 3.13 bits per heavy atom. The van der Waals surface area contributed by atoms with E-state index in [1.54, 1.807) is 30.2 Å². The van der Waals surface area contributed by atoms with Gasteiger partial charge in [0.1, 0.15) is 5.37 Å². The fraction of sp³-hybridized carbons (Fsp3) is 0.273. The first-order valence-electron chi connectivity index (χ1n) is 4.87. The fourth-order valence-electron chi connectivity index (χ4n) is 1.40. The van der Waals surface area contributed by atoms with Crippen molar-refractivity contribution >= 4 is 17.7 Å². The first-order chi connectivity index (χ1) is 7.29. The van der Waals surface area contributed by atoms with Gasteiger partial charge in [-0.15, -0.1) is 11.8 Å². The number of amides is 1. The Hall–Kier alpha value is -1.29. The van der Waals surface area contributed by atoms with Gasteiger partial charge in [-0.25, -0.2) is 0 Å². The van der Waals surface area contributed by atoms with Crippen molar-refractivity contribution in [2.75, 3.05) is 0 Å². The molecule has 0 fully saturated rings. The molecule has 0 aliphatic carbocycles. The number of hydrogen-bond acceptors (Lipinski definition) is 3. The van der Waals surface area contributed by atoms with Crippen LogP contribution in [-0.4, -0.2) is 10.9 Å². The summed E-state index contributed by atoms with van der Waals surface area (Å²) in [4.78, 5) is 16.6. The van der Waals surface area contributed by atoms with Crippen LogP contribution in [0, 0.1) is 0 Å². The number of rotatable bonds is 2. The number of hydrogen-bond donors (Lipinski definition) is 1. The molecular weight excluding hydrogens is 208 g/mol. The van der Waals surface area contributed by atoms with Crippen LogP contribution in [0.5, 0.6) is 0 Å². The van der Waals surface area contributed by atoms with Crippen LogP contribution in [0.1, 0.15) is 24.3 Å². The smallest absolute Gasteiger partial charge is 0.245 e. The molecule has 0 radical (unpaired) electrons. The maximum atomic E-state index is 11.4. The van der Waals surface area contributed by atoms with Crippen molar-refractivity contribution < 1.29 is 4.79 Å². The van der Waals surface area contributed by atoms with Gasteiger partial charge in [0.25, 0.3) is 0 Å². The van der Waals surface area contributed by atoms with E-state index in [1.807, 2.05) is 12.1 Å². The summed E-state index contributed by atoms with van der Waals surface area (Å²) in [6.45, 7) is 2.05. The van der Waals surface area contributed by atoms with Crippen molar-refractivity contribution in [3.05, 3.63) is 41.1 Å². The van der Waals surface area contributed by atoms with Gasteiger partial charge in [0.2, 0.25) is 5.91 Å². The van der Waals surface area contributed by atoms with Crippen LogP contribution in [0.15, 0.2) is 35.5 Å². The SMILES string of the molecule is CCC1=CC(=O)NC(c2cccnc2)S1. The number of carbonyl (C=O) groups excluding carboxylic acids is 1. The standard InChI is InChI=1S/C11H12N2OS/c1-2-9-6-10(14)13-11(15-9)8-4-3-5-12-7-8/h3-7,11H,2H2,1H3,(H,13,14). The van der Waals surface area contributed by atoms with E-state index in [0.717, 1.165) is 16.9 Å². The van der Waals surface area contributed by atoms with Crippen molar-refractivity contribution in [3.63, 3.8) is 0 Å². The molecular formula is C11H12N2OS. The number of aromatic nitrogens is 1. The number of nitrogens with one attached hydrogen (secondary N) is 1. The molecule has 0 spiro atoms. The largest absolute Gasteiger partial charge is 0.336 e. The van der Waals surface area contributed by atoms with Crippen molar-refractivity contribution in [1.29, 1.82) is 0 Å². The number of allylic oxidation sites excluding steroid dienone is 1. The highest BCUT2D eigenvalue weighted by atomic mass is 32.2. The lowest BCUT2D eigenvalue weighted by atomic mass is 10.2. The topological polar surface area (TPSA) is 42.0 Å². The van der Waals surface area contributed by atoms with E-state index < -0.39 is 0 Å². The Balaban J connectivity index is 2.20. The van der Waals surface area contributed by atoms with Gasteiger partial charge in [0.15, 0.2) is 0 Å². The molecule has 1 aliphatic rings. The molecule has 1 aliphatic heterocycles. The molecule has 2 heterocycles. The van der Waals surface area contributed by atoms with Gasteiger partial charge in [-0.1, -0.05) is 13.0 Å². The maximum absolute atomic E-state index is 11.4. The summed E-state index contributed by atoms with van der Waals surface area (Å²) < 4.78 is 0. The first kappa shape index (κ1) is 10.2. The first-order valence-corrected chi connectivity index (χ1v) is 5.75. The van der Waals surface area contributed by atoms with Gasteiger partial charge in [-0.05, 0) is 17.4 Å². The molecule has 4 heteroatoms. The highest BCUT2D eigenvalue weighted by Gasteiger charge is 2.20. The molecule has 1 unspecified atom stereocenters. The third-order valence-corrected chi connectivity index (χ3v) is 3.51. The van der Waals surface area contributed by atoms with E-state index >= 15 is 0 Å².